The summed E-state index contributed by atoms with van der Waals surface area (Å²) in [6, 6.07) is 5.40. The molecule has 0 bridgehead atoms. The number of aryl methyl sites for hydroxylation is 2. The average Bonchev–Trinajstić information content (AvgIpc) is 3.76. The van der Waals surface area contributed by atoms with E-state index < -0.39 is 67.7 Å². The highest BCUT2D eigenvalue weighted by Gasteiger charge is 2.58. The van der Waals surface area contributed by atoms with Gasteiger partial charge in [-0.15, -0.1) is 0 Å². The van der Waals surface area contributed by atoms with Gasteiger partial charge in [0.2, 0.25) is 21.8 Å². The van der Waals surface area contributed by atoms with Crippen molar-refractivity contribution in [2.45, 2.75) is 106 Å². The molecule has 4 heterocycles. The molecule has 1 saturated carbocycles. The van der Waals surface area contributed by atoms with Crippen LogP contribution in [0.15, 0.2) is 36.4 Å². The van der Waals surface area contributed by atoms with Gasteiger partial charge in [-0.1, -0.05) is 55.0 Å². The van der Waals surface area contributed by atoms with Crippen LogP contribution < -0.4 is 20.1 Å². The highest BCUT2D eigenvalue weighted by atomic mass is 32.2. The van der Waals surface area contributed by atoms with Gasteiger partial charge in [0, 0.05) is 31.5 Å². The highest BCUT2D eigenvalue weighted by molar-refractivity contribution is 7.91. The van der Waals surface area contributed by atoms with Crippen molar-refractivity contribution in [2.75, 3.05) is 20.6 Å². The average molecular weight is 731 g/mol. The van der Waals surface area contributed by atoms with Gasteiger partial charge in [0.25, 0.3) is 5.91 Å². The van der Waals surface area contributed by atoms with Crippen LogP contribution in [0.1, 0.15) is 76.0 Å². The lowest BCUT2D eigenvalue weighted by molar-refractivity contribution is -0.141. The van der Waals surface area contributed by atoms with Crippen molar-refractivity contribution in [2.24, 2.45) is 5.92 Å². The SMILES string of the molecule is Cc1nc2ccccc2c2c1OC1(CC2)CC2C(=O)NC3(C(=O)NS(=O)(=O)C4(C)CC4)C#CC3C=CCCCCCC(NC(=O)N(C)C)C(=O)N2C1. The fourth-order valence-corrected chi connectivity index (χ4v) is 9.02. The van der Waals surface area contributed by atoms with E-state index in [1.54, 1.807) is 27.1 Å². The first kappa shape index (κ1) is 35.7. The number of carbonyl (C=O) groups excluding carboxylic acids is 4. The summed E-state index contributed by atoms with van der Waals surface area (Å²) in [5.74, 6) is 3.59. The van der Waals surface area contributed by atoms with E-state index in [-0.39, 0.29) is 13.0 Å². The highest BCUT2D eigenvalue weighted by Crippen LogP contribution is 2.45. The number of benzene rings is 1. The second-order valence-corrected chi connectivity index (χ2v) is 17.6. The van der Waals surface area contributed by atoms with Gasteiger partial charge in [-0.25, -0.2) is 22.9 Å². The van der Waals surface area contributed by atoms with Crippen LogP contribution in [-0.4, -0.2) is 95.6 Å². The first-order valence-corrected chi connectivity index (χ1v) is 19.6. The second-order valence-electron chi connectivity index (χ2n) is 15.4. The lowest BCUT2D eigenvalue weighted by atomic mass is 9.75. The van der Waals surface area contributed by atoms with E-state index in [9.17, 15) is 27.6 Å². The van der Waals surface area contributed by atoms with Crippen molar-refractivity contribution in [3.63, 3.8) is 0 Å². The Kier molecular flexibility index (Phi) is 9.00. The van der Waals surface area contributed by atoms with Crippen LogP contribution in [0.4, 0.5) is 4.79 Å². The normalized spacial score (nSPS) is 29.4. The predicted molar refractivity (Wildman–Crippen MR) is 193 cm³/mol. The number of hydrogen-bond donors (Lipinski definition) is 3. The molecule has 5 amide bonds. The maximum Gasteiger partial charge on any atom is 0.317 e. The second kappa shape index (κ2) is 13.1. The van der Waals surface area contributed by atoms with Gasteiger partial charge in [0.05, 0.1) is 28.4 Å². The lowest BCUT2D eigenvalue weighted by Crippen LogP contribution is -2.68. The number of rotatable bonds is 4. The fraction of sp³-hybridized carbons (Fsp3) is 0.553. The molecule has 1 aromatic heterocycles. The van der Waals surface area contributed by atoms with Gasteiger partial charge >= 0.3 is 6.03 Å². The van der Waals surface area contributed by atoms with E-state index in [4.69, 9.17) is 9.72 Å². The van der Waals surface area contributed by atoms with Crippen molar-refractivity contribution in [1.82, 2.24) is 30.1 Å². The number of amides is 5. The van der Waals surface area contributed by atoms with E-state index in [1.807, 2.05) is 37.3 Å². The maximum atomic E-state index is 14.6. The van der Waals surface area contributed by atoms with E-state index in [0.717, 1.165) is 29.3 Å². The quantitative estimate of drug-likeness (QED) is 0.319. The van der Waals surface area contributed by atoms with E-state index in [1.165, 1.54) is 9.80 Å². The number of sulfonamides is 1. The van der Waals surface area contributed by atoms with Gasteiger partial charge in [-0.05, 0) is 64.9 Å². The van der Waals surface area contributed by atoms with E-state index in [2.05, 4.69) is 27.2 Å². The van der Waals surface area contributed by atoms with Crippen LogP contribution in [-0.2, 0) is 30.8 Å². The molecule has 13 nitrogen and oxygen atoms in total. The summed E-state index contributed by atoms with van der Waals surface area (Å²) in [6.45, 7) is 3.52. The summed E-state index contributed by atoms with van der Waals surface area (Å²) < 4.78 is 34.4. The maximum absolute atomic E-state index is 14.6. The molecule has 1 saturated heterocycles. The van der Waals surface area contributed by atoms with Crippen LogP contribution in [0.5, 0.6) is 5.75 Å². The monoisotopic (exact) mass is 730 g/mol. The third kappa shape index (κ3) is 6.27. The van der Waals surface area contributed by atoms with Crippen LogP contribution in [0.3, 0.4) is 0 Å². The smallest absolute Gasteiger partial charge is 0.317 e. The summed E-state index contributed by atoms with van der Waals surface area (Å²) in [6.07, 6.45) is 8.95. The van der Waals surface area contributed by atoms with Crippen LogP contribution in [0, 0.1) is 24.7 Å². The number of hydrogen-bond acceptors (Lipinski definition) is 8. The number of nitrogens with zero attached hydrogens (tertiary/aromatic N) is 3. The fourth-order valence-electron chi connectivity index (χ4n) is 7.73. The number of aromatic nitrogens is 1. The van der Waals surface area contributed by atoms with E-state index >= 15 is 0 Å². The lowest BCUT2D eigenvalue weighted by Gasteiger charge is -2.38. The zero-order valence-corrected chi connectivity index (χ0v) is 30.9. The first-order chi connectivity index (χ1) is 24.7. The first-order valence-electron chi connectivity index (χ1n) is 18.1. The minimum absolute atomic E-state index is 0.0604. The van der Waals surface area contributed by atoms with Crippen molar-refractivity contribution in [3.05, 3.63) is 47.7 Å². The van der Waals surface area contributed by atoms with Crippen molar-refractivity contribution in [3.8, 4) is 17.6 Å². The van der Waals surface area contributed by atoms with Gasteiger partial charge in [-0.2, -0.15) is 0 Å². The van der Waals surface area contributed by atoms with Crippen LogP contribution in [0.25, 0.3) is 10.9 Å². The van der Waals surface area contributed by atoms with E-state index in [0.29, 0.717) is 56.4 Å². The van der Waals surface area contributed by atoms with Crippen molar-refractivity contribution < 1.29 is 32.3 Å². The molecule has 1 aromatic carbocycles. The number of ether oxygens (including phenoxy) is 1. The largest absolute Gasteiger partial charge is 0.483 e. The number of fused-ring (bicyclic) bond motifs is 5. The Labute approximate surface area is 304 Å². The summed E-state index contributed by atoms with van der Waals surface area (Å²) >= 11 is 0. The Balaban J connectivity index is 1.26. The molecule has 2 fully saturated rings. The Hall–Kier alpha value is -4.64. The molecular formula is C38H46N6O7S. The minimum Gasteiger partial charge on any atom is -0.483 e. The van der Waals surface area contributed by atoms with Crippen molar-refractivity contribution >= 4 is 44.7 Å². The Morgan fingerprint density at radius 2 is 1.88 bits per heavy atom. The molecule has 2 aromatic rings. The molecule has 52 heavy (non-hydrogen) atoms. The molecule has 3 aliphatic heterocycles. The topological polar surface area (TPSA) is 167 Å². The van der Waals surface area contributed by atoms with Crippen LogP contribution >= 0.6 is 0 Å². The number of pyridine rings is 1. The third-order valence-electron chi connectivity index (χ3n) is 11.3. The number of nitrogens with one attached hydrogen (secondary N) is 3. The molecule has 7 rings (SSSR count). The molecule has 2 aliphatic carbocycles. The summed E-state index contributed by atoms with van der Waals surface area (Å²) in [7, 11) is -0.857. The Bertz CT molecular complexity index is 2050. The molecule has 3 N–H and O–H groups in total. The molecule has 5 atom stereocenters. The number of carbonyl (C=O) groups is 4. The predicted octanol–water partition coefficient (Wildman–Crippen LogP) is 2.85. The number of urea groups is 1. The molecule has 5 aliphatic rings. The zero-order chi connectivity index (χ0) is 37.1. The third-order valence-corrected chi connectivity index (χ3v) is 13.5. The Morgan fingerprint density at radius 3 is 2.60 bits per heavy atom. The minimum atomic E-state index is -4.05. The zero-order valence-electron chi connectivity index (χ0n) is 30.1. The summed E-state index contributed by atoms with van der Waals surface area (Å²) in [5.41, 5.74) is -0.257. The molecule has 14 heteroatoms. The molecule has 5 unspecified atom stereocenters. The standard InChI is InChI=1S/C38H46N6O7S/c1-24-31-27(26-13-10-11-14-28(26)39-24)17-18-37(51-31)22-30-32(45)41-38(34(47)42-52(49,50)36(2)20-21-36)19-16-25(38)12-8-6-5-7-9-15-29(33(46)44(30)23-37)40-35(48)43(3)4/h8,10-14,25,29-30H,5-7,9,15,17-18,20-23H2,1-4H3,(H,40,48)(H,41,45)(H,42,47). The van der Waals surface area contributed by atoms with Gasteiger partial charge in [-0.3, -0.25) is 14.4 Å². The molecule has 0 radical (unpaired) electrons. The van der Waals surface area contributed by atoms with Gasteiger partial charge < -0.3 is 25.2 Å². The summed E-state index contributed by atoms with van der Waals surface area (Å²) in [5, 5.41) is 6.69. The molecular weight excluding hydrogens is 685 g/mol. The van der Waals surface area contributed by atoms with Crippen molar-refractivity contribution in [1.29, 1.82) is 0 Å². The number of allylic oxidation sites excluding steroid dienone is 1. The number of para-hydroxylation sites is 1. The van der Waals surface area contributed by atoms with Gasteiger partial charge in [0.1, 0.15) is 23.4 Å². The molecule has 276 valence electrons. The van der Waals surface area contributed by atoms with Gasteiger partial charge in [0.15, 0.2) is 5.54 Å². The Morgan fingerprint density at radius 1 is 1.12 bits per heavy atom. The molecule has 1 spiro atoms. The summed E-state index contributed by atoms with van der Waals surface area (Å²) in [4.78, 5) is 63.7. The van der Waals surface area contributed by atoms with Crippen LogP contribution in [0.2, 0.25) is 0 Å².